The molecule has 0 radical (unpaired) electrons. The molecule has 0 fully saturated rings. The van der Waals surface area contributed by atoms with E-state index in [0.717, 1.165) is 22.5 Å². The van der Waals surface area contributed by atoms with Crippen LogP contribution in [0.3, 0.4) is 0 Å². The van der Waals surface area contributed by atoms with Gasteiger partial charge in [-0.3, -0.25) is 9.69 Å². The van der Waals surface area contributed by atoms with Crippen molar-refractivity contribution >= 4 is 21.9 Å². The molecule has 0 aliphatic carbocycles. The van der Waals surface area contributed by atoms with Crippen molar-refractivity contribution in [2.45, 2.75) is 58.2 Å². The minimum atomic E-state index is -1.27. The number of aliphatic hydroxyl groups excluding tert-OH is 1. The molecular formula is C31H31BrFN3O3. The van der Waals surface area contributed by atoms with Crippen LogP contribution in [0.5, 0.6) is 0 Å². The van der Waals surface area contributed by atoms with E-state index < -0.39 is 18.0 Å². The van der Waals surface area contributed by atoms with E-state index in [9.17, 15) is 14.3 Å². The number of hydrogen-bond acceptors (Lipinski definition) is 5. The molecule has 0 saturated heterocycles. The van der Waals surface area contributed by atoms with Crippen LogP contribution in [0.25, 0.3) is 0 Å². The Morgan fingerprint density at radius 1 is 1.08 bits per heavy atom. The highest BCUT2D eigenvalue weighted by atomic mass is 79.9. The van der Waals surface area contributed by atoms with Gasteiger partial charge in [0.05, 0.1) is 11.4 Å². The van der Waals surface area contributed by atoms with Gasteiger partial charge < -0.3 is 14.4 Å². The van der Waals surface area contributed by atoms with E-state index in [2.05, 4.69) is 20.8 Å². The highest BCUT2D eigenvalue weighted by molar-refractivity contribution is 9.10. The zero-order valence-corrected chi connectivity index (χ0v) is 23.5. The number of fused-ring (bicyclic) bond motifs is 1. The molecule has 0 amide bonds. The molecule has 5 rings (SSSR count). The lowest BCUT2D eigenvalue weighted by molar-refractivity contribution is -0.153. The van der Waals surface area contributed by atoms with E-state index in [4.69, 9.17) is 9.72 Å². The summed E-state index contributed by atoms with van der Waals surface area (Å²) < 4.78 is 23.2. The van der Waals surface area contributed by atoms with Gasteiger partial charge in [0.15, 0.2) is 0 Å². The second kappa shape index (κ2) is 11.8. The number of nitrogens with zero attached hydrogens (tertiary/aromatic N) is 3. The molecule has 0 saturated carbocycles. The van der Waals surface area contributed by atoms with Crippen LogP contribution in [0.15, 0.2) is 83.3 Å². The van der Waals surface area contributed by atoms with Gasteiger partial charge in [0.25, 0.3) is 0 Å². The number of imidazole rings is 1. The van der Waals surface area contributed by atoms with Gasteiger partial charge in [-0.25, -0.2) is 9.37 Å². The van der Waals surface area contributed by atoms with Crippen molar-refractivity contribution in [3.8, 4) is 0 Å². The Kier molecular flexibility index (Phi) is 8.26. The molecule has 1 aliphatic heterocycles. The van der Waals surface area contributed by atoms with Crippen molar-refractivity contribution in [2.24, 2.45) is 0 Å². The van der Waals surface area contributed by atoms with Crippen molar-refractivity contribution in [1.82, 2.24) is 14.5 Å². The summed E-state index contributed by atoms with van der Waals surface area (Å²) in [6.07, 6.45) is -0.936. The number of hydrogen-bond donors (Lipinski definition) is 1. The van der Waals surface area contributed by atoms with E-state index in [-0.39, 0.29) is 24.2 Å². The second-order valence-corrected chi connectivity index (χ2v) is 11.0. The zero-order chi connectivity index (χ0) is 27.5. The smallest absolute Gasteiger partial charge is 0.324 e. The van der Waals surface area contributed by atoms with Crippen LogP contribution >= 0.6 is 15.9 Å². The highest BCUT2D eigenvalue weighted by Crippen LogP contribution is 2.33. The highest BCUT2D eigenvalue weighted by Gasteiger charge is 2.38. The third-order valence-corrected chi connectivity index (χ3v) is 7.64. The van der Waals surface area contributed by atoms with E-state index >= 15 is 0 Å². The Labute approximate surface area is 236 Å². The first-order valence-electron chi connectivity index (χ1n) is 13.0. The lowest BCUT2D eigenvalue weighted by Gasteiger charge is -2.37. The fourth-order valence-electron chi connectivity index (χ4n) is 5.08. The number of esters is 1. The molecule has 4 aromatic rings. The Bertz CT molecular complexity index is 1440. The normalized spacial score (nSPS) is 16.2. The number of carbonyl (C=O) groups excluding carboxylic acids is 1. The summed E-state index contributed by atoms with van der Waals surface area (Å²) in [6, 6.07) is 23.6. The van der Waals surface area contributed by atoms with Gasteiger partial charge in [0.2, 0.25) is 0 Å². The van der Waals surface area contributed by atoms with Crippen LogP contribution < -0.4 is 0 Å². The van der Waals surface area contributed by atoms with Gasteiger partial charge in [-0.1, -0.05) is 82.7 Å². The monoisotopic (exact) mass is 591 g/mol. The quantitative estimate of drug-likeness (QED) is 0.263. The molecule has 2 heterocycles. The number of rotatable bonds is 8. The first-order valence-corrected chi connectivity index (χ1v) is 13.8. The van der Waals surface area contributed by atoms with Crippen LogP contribution in [0, 0.1) is 5.82 Å². The fourth-order valence-corrected chi connectivity index (χ4v) is 5.41. The molecule has 2 atom stereocenters. The van der Waals surface area contributed by atoms with Gasteiger partial charge >= 0.3 is 5.97 Å². The zero-order valence-electron chi connectivity index (χ0n) is 21.9. The largest absolute Gasteiger partial charge is 0.460 e. The lowest BCUT2D eigenvalue weighted by atomic mass is 10.0. The van der Waals surface area contributed by atoms with Crippen molar-refractivity contribution in [2.75, 3.05) is 0 Å². The maximum absolute atomic E-state index is 14.9. The number of carbonyl (C=O) groups is 1. The van der Waals surface area contributed by atoms with Crippen molar-refractivity contribution in [3.63, 3.8) is 0 Å². The molecule has 39 heavy (non-hydrogen) atoms. The minimum absolute atomic E-state index is 0.0600. The molecule has 1 aliphatic rings. The maximum Gasteiger partial charge on any atom is 0.324 e. The summed E-state index contributed by atoms with van der Waals surface area (Å²) in [4.78, 5) is 20.2. The summed E-state index contributed by atoms with van der Waals surface area (Å²) in [6.45, 7) is 5.21. The molecule has 1 aromatic heterocycles. The second-order valence-electron chi connectivity index (χ2n) is 10.1. The van der Waals surface area contributed by atoms with E-state index in [0.29, 0.717) is 29.8 Å². The van der Waals surface area contributed by atoms with Crippen LogP contribution in [-0.4, -0.2) is 37.6 Å². The van der Waals surface area contributed by atoms with Crippen molar-refractivity contribution in [3.05, 3.63) is 123 Å². The van der Waals surface area contributed by atoms with E-state index in [1.165, 1.54) is 6.07 Å². The number of halogens is 2. The van der Waals surface area contributed by atoms with Gasteiger partial charge in [-0.05, 0) is 37.1 Å². The molecule has 202 valence electrons. The Hall–Kier alpha value is -3.33. The number of aliphatic hydroxyl groups is 1. The van der Waals surface area contributed by atoms with Crippen LogP contribution in [-0.2, 0) is 35.6 Å². The first kappa shape index (κ1) is 27.2. The lowest BCUT2D eigenvalue weighted by Crippen LogP contribution is -2.49. The van der Waals surface area contributed by atoms with E-state index in [1.54, 1.807) is 12.1 Å². The predicted molar refractivity (Wildman–Crippen MR) is 150 cm³/mol. The molecule has 0 bridgehead atoms. The molecular weight excluding hydrogens is 561 g/mol. The average Bonchev–Trinajstić information content (AvgIpc) is 3.29. The summed E-state index contributed by atoms with van der Waals surface area (Å²) in [5.74, 6) is -0.473. The minimum Gasteiger partial charge on any atom is -0.460 e. The number of aromatic nitrogens is 2. The molecule has 0 spiro atoms. The maximum atomic E-state index is 14.9. The van der Waals surface area contributed by atoms with Gasteiger partial charge in [-0.15, -0.1) is 0 Å². The SMILES string of the molecule is CC(C)N1Cc2c(nc(C(O)c3ccc(Br)cc3F)n2Cc2ccccc2)CC1C(=O)OCc1ccccc1. The molecule has 8 heteroatoms. The molecule has 3 aromatic carbocycles. The topological polar surface area (TPSA) is 67.6 Å². The Morgan fingerprint density at radius 3 is 2.38 bits per heavy atom. The van der Waals surface area contributed by atoms with Gasteiger partial charge in [0.1, 0.15) is 30.4 Å². The fraction of sp³-hybridized carbons (Fsp3) is 0.290. The Morgan fingerprint density at radius 2 is 1.74 bits per heavy atom. The average molecular weight is 593 g/mol. The van der Waals surface area contributed by atoms with Crippen molar-refractivity contribution < 1.29 is 19.0 Å². The molecule has 1 N–H and O–H groups in total. The number of benzene rings is 3. The Balaban J connectivity index is 1.50. The molecule has 6 nitrogen and oxygen atoms in total. The van der Waals surface area contributed by atoms with Crippen LogP contribution in [0.1, 0.15) is 53.9 Å². The van der Waals surface area contributed by atoms with Gasteiger partial charge in [0, 0.05) is 35.6 Å². The summed E-state index contributed by atoms with van der Waals surface area (Å²) in [5.41, 5.74) is 3.73. The third-order valence-electron chi connectivity index (χ3n) is 7.15. The van der Waals surface area contributed by atoms with Crippen LogP contribution in [0.4, 0.5) is 4.39 Å². The molecule has 2 unspecified atom stereocenters. The predicted octanol–water partition coefficient (Wildman–Crippen LogP) is 5.79. The number of ether oxygens (including phenoxy) is 1. The third kappa shape index (κ3) is 5.98. The van der Waals surface area contributed by atoms with E-state index in [1.807, 2.05) is 79.1 Å². The van der Waals surface area contributed by atoms with Gasteiger partial charge in [-0.2, -0.15) is 0 Å². The van der Waals surface area contributed by atoms with Crippen molar-refractivity contribution in [1.29, 1.82) is 0 Å². The standard InChI is InChI=1S/C31H31BrFN3O3/c1-20(2)35-18-28-26(16-27(35)31(38)39-19-22-11-7-4-8-12-22)34-30(36(28)17-21-9-5-3-6-10-21)29(37)24-14-13-23(32)15-25(24)33/h3-15,20,27,29,37H,16-19H2,1-2H3. The summed E-state index contributed by atoms with van der Waals surface area (Å²) in [7, 11) is 0. The summed E-state index contributed by atoms with van der Waals surface area (Å²) in [5, 5.41) is 11.4. The first-order chi connectivity index (χ1) is 18.8. The van der Waals surface area contributed by atoms with Crippen LogP contribution in [0.2, 0.25) is 0 Å². The summed E-state index contributed by atoms with van der Waals surface area (Å²) >= 11 is 3.28.